The minimum atomic E-state index is -3.96. The Morgan fingerprint density at radius 3 is 2.39 bits per heavy atom. The molecule has 2 amide bonds. The summed E-state index contributed by atoms with van der Waals surface area (Å²) in [4.78, 5) is 27.7. The fourth-order valence-electron chi connectivity index (χ4n) is 3.04. The molecule has 0 bridgehead atoms. The zero-order chi connectivity index (χ0) is 24.0. The average molecular weight is 490 g/mol. The second-order valence-corrected chi connectivity index (χ2v) is 10.6. The third-order valence-corrected chi connectivity index (χ3v) is 7.81. The van der Waals surface area contributed by atoms with E-state index in [4.69, 9.17) is 0 Å². The lowest BCUT2D eigenvalue weighted by atomic mass is 10.1. The number of nitrogens with zero attached hydrogens (tertiary/aromatic N) is 1. The van der Waals surface area contributed by atoms with E-state index < -0.39 is 26.8 Å². The first kappa shape index (κ1) is 24.5. The fraction of sp³-hybridized carbons (Fsp3) is 0.261. The largest absolute Gasteiger partial charge is 0.356 e. The van der Waals surface area contributed by atoms with Crippen molar-refractivity contribution in [1.82, 2.24) is 10.3 Å². The summed E-state index contributed by atoms with van der Waals surface area (Å²) in [6.45, 7) is 3.40. The van der Waals surface area contributed by atoms with Crippen molar-refractivity contribution in [3.63, 3.8) is 0 Å². The molecule has 1 atom stereocenters. The van der Waals surface area contributed by atoms with Crippen molar-refractivity contribution < 1.29 is 22.4 Å². The van der Waals surface area contributed by atoms with E-state index in [9.17, 15) is 22.4 Å². The first-order valence-electron chi connectivity index (χ1n) is 10.3. The first-order valence-corrected chi connectivity index (χ1v) is 12.7. The molecule has 3 rings (SSSR count). The van der Waals surface area contributed by atoms with Crippen molar-refractivity contribution in [3.05, 3.63) is 65.3 Å². The van der Waals surface area contributed by atoms with Crippen LogP contribution in [0.4, 0.5) is 9.52 Å². The maximum atomic E-state index is 13.1. The van der Waals surface area contributed by atoms with Crippen LogP contribution < -0.4 is 10.6 Å². The number of hydrogen-bond donors (Lipinski definition) is 2. The van der Waals surface area contributed by atoms with Gasteiger partial charge in [-0.3, -0.25) is 9.59 Å². The topological polar surface area (TPSA) is 105 Å². The Kier molecular flexibility index (Phi) is 7.93. The normalized spacial score (nSPS) is 12.2. The van der Waals surface area contributed by atoms with Gasteiger partial charge in [0.15, 0.2) is 15.0 Å². The summed E-state index contributed by atoms with van der Waals surface area (Å²) in [5.74, 6) is -1.31. The molecule has 1 aromatic heterocycles. The van der Waals surface area contributed by atoms with E-state index in [1.165, 1.54) is 25.2 Å². The van der Waals surface area contributed by atoms with Crippen molar-refractivity contribution in [2.45, 2.75) is 36.8 Å². The van der Waals surface area contributed by atoms with E-state index in [-0.39, 0.29) is 15.9 Å². The number of nitrogens with one attached hydrogen (secondary N) is 2. The van der Waals surface area contributed by atoms with Crippen LogP contribution in [0, 0.1) is 5.82 Å². The maximum absolute atomic E-state index is 13.1. The average Bonchev–Trinajstić information content (AvgIpc) is 3.25. The lowest BCUT2D eigenvalue weighted by Gasteiger charge is -2.12. The van der Waals surface area contributed by atoms with Gasteiger partial charge in [-0.2, -0.15) is 0 Å². The number of thiazole rings is 1. The van der Waals surface area contributed by atoms with Crippen LogP contribution in [0.15, 0.2) is 58.8 Å². The van der Waals surface area contributed by atoms with Crippen LogP contribution in [-0.4, -0.2) is 37.0 Å². The van der Waals surface area contributed by atoms with Crippen LogP contribution in [0.25, 0.3) is 11.3 Å². The number of aryl methyl sites for hydroxylation is 1. The van der Waals surface area contributed by atoms with Gasteiger partial charge in [-0.05, 0) is 49.6 Å². The van der Waals surface area contributed by atoms with E-state index >= 15 is 0 Å². The minimum Gasteiger partial charge on any atom is -0.356 e. The molecule has 1 heterocycles. The van der Waals surface area contributed by atoms with Crippen molar-refractivity contribution in [2.24, 2.45) is 0 Å². The number of aromatic nitrogens is 1. The third-order valence-electron chi connectivity index (χ3n) is 4.98. The standard InChI is InChI=1S/C23H24FN3O4S2/c1-15(33(30,31)20-11-9-19(24)10-12-20)22(29)27-23-26-21(14-32-23)18-7-5-17(6-8-18)4-3-13-25-16(2)28/h5-12,14-15H,3-4,13H2,1-2H3,(H,25,28)(H,26,27,29). The predicted octanol–water partition coefficient (Wildman–Crippen LogP) is 3.82. The van der Waals surface area contributed by atoms with Crippen LogP contribution in [0.2, 0.25) is 0 Å². The molecule has 0 radical (unpaired) electrons. The summed E-state index contributed by atoms with van der Waals surface area (Å²) >= 11 is 1.19. The molecular weight excluding hydrogens is 465 g/mol. The molecule has 33 heavy (non-hydrogen) atoms. The summed E-state index contributed by atoms with van der Waals surface area (Å²) in [5, 5.41) is 6.02. The van der Waals surface area contributed by atoms with Crippen LogP contribution in [0.3, 0.4) is 0 Å². The van der Waals surface area contributed by atoms with Gasteiger partial charge in [0.1, 0.15) is 11.1 Å². The number of sulfone groups is 1. The molecule has 7 nitrogen and oxygen atoms in total. The monoisotopic (exact) mass is 489 g/mol. The van der Waals surface area contributed by atoms with Crippen molar-refractivity contribution in [1.29, 1.82) is 0 Å². The Hall–Kier alpha value is -3.11. The van der Waals surface area contributed by atoms with E-state index in [2.05, 4.69) is 15.6 Å². The Balaban J connectivity index is 1.61. The molecule has 0 fully saturated rings. The van der Waals surface area contributed by atoms with Gasteiger partial charge in [-0.15, -0.1) is 11.3 Å². The SMILES string of the molecule is CC(=O)NCCCc1ccc(-c2csc(NC(=O)C(C)S(=O)(=O)c3ccc(F)cc3)n2)cc1. The lowest BCUT2D eigenvalue weighted by molar-refractivity contribution is -0.119. The molecule has 0 spiro atoms. The van der Waals surface area contributed by atoms with Gasteiger partial charge >= 0.3 is 0 Å². The van der Waals surface area contributed by atoms with Gasteiger partial charge < -0.3 is 10.6 Å². The lowest BCUT2D eigenvalue weighted by Crippen LogP contribution is -2.32. The van der Waals surface area contributed by atoms with Crippen molar-refractivity contribution in [2.75, 3.05) is 11.9 Å². The Bertz CT molecular complexity index is 1220. The molecule has 174 valence electrons. The number of amides is 2. The second kappa shape index (κ2) is 10.7. The Morgan fingerprint density at radius 1 is 1.09 bits per heavy atom. The highest BCUT2D eigenvalue weighted by Crippen LogP contribution is 2.26. The number of halogens is 1. The van der Waals surface area contributed by atoms with Crippen molar-refractivity contribution in [3.8, 4) is 11.3 Å². The maximum Gasteiger partial charge on any atom is 0.244 e. The number of carbonyl (C=O) groups is 2. The minimum absolute atomic E-state index is 0.0424. The molecule has 0 aliphatic carbocycles. The summed E-state index contributed by atoms with van der Waals surface area (Å²) in [6.07, 6.45) is 1.67. The van der Waals surface area contributed by atoms with Gasteiger partial charge in [0, 0.05) is 24.4 Å². The van der Waals surface area contributed by atoms with E-state index in [1.807, 2.05) is 24.3 Å². The van der Waals surface area contributed by atoms with Gasteiger partial charge in [-0.25, -0.2) is 17.8 Å². The van der Waals surface area contributed by atoms with E-state index in [0.29, 0.717) is 12.2 Å². The summed E-state index contributed by atoms with van der Waals surface area (Å²) in [5.41, 5.74) is 2.66. The van der Waals surface area contributed by atoms with Gasteiger partial charge in [0.05, 0.1) is 10.6 Å². The van der Waals surface area contributed by atoms with Gasteiger partial charge in [0.25, 0.3) is 0 Å². The molecule has 0 aliphatic rings. The third kappa shape index (κ3) is 6.45. The predicted molar refractivity (Wildman–Crippen MR) is 126 cm³/mol. The van der Waals surface area contributed by atoms with E-state index in [0.717, 1.165) is 48.2 Å². The molecule has 2 aromatic carbocycles. The molecule has 2 N–H and O–H groups in total. The van der Waals surface area contributed by atoms with Gasteiger partial charge in [0.2, 0.25) is 11.8 Å². The molecule has 1 unspecified atom stereocenters. The fourth-order valence-corrected chi connectivity index (χ4v) is 5.03. The summed E-state index contributed by atoms with van der Waals surface area (Å²) in [6, 6.07) is 12.2. The van der Waals surface area contributed by atoms with Crippen LogP contribution in [0.5, 0.6) is 0 Å². The Morgan fingerprint density at radius 2 is 1.76 bits per heavy atom. The number of carbonyl (C=O) groups excluding carboxylic acids is 2. The first-order chi connectivity index (χ1) is 15.7. The van der Waals surface area contributed by atoms with Crippen LogP contribution in [-0.2, 0) is 25.8 Å². The molecular formula is C23H24FN3O4S2. The summed E-state index contributed by atoms with van der Waals surface area (Å²) < 4.78 is 38.4. The van der Waals surface area contributed by atoms with Crippen molar-refractivity contribution >= 4 is 38.1 Å². The van der Waals surface area contributed by atoms with Crippen LogP contribution >= 0.6 is 11.3 Å². The van der Waals surface area contributed by atoms with Crippen LogP contribution in [0.1, 0.15) is 25.8 Å². The molecule has 10 heteroatoms. The highest BCUT2D eigenvalue weighted by atomic mass is 32.2. The highest BCUT2D eigenvalue weighted by Gasteiger charge is 2.30. The number of benzene rings is 2. The zero-order valence-electron chi connectivity index (χ0n) is 18.2. The number of anilines is 1. The molecule has 0 aliphatic heterocycles. The number of rotatable bonds is 9. The molecule has 0 saturated heterocycles. The zero-order valence-corrected chi connectivity index (χ0v) is 19.8. The van der Waals surface area contributed by atoms with E-state index in [1.54, 1.807) is 5.38 Å². The molecule has 3 aromatic rings. The quantitative estimate of drug-likeness (QED) is 0.351. The Labute approximate surface area is 196 Å². The van der Waals surface area contributed by atoms with Gasteiger partial charge in [-0.1, -0.05) is 24.3 Å². The molecule has 0 saturated carbocycles. The second-order valence-electron chi connectivity index (χ2n) is 7.45. The highest BCUT2D eigenvalue weighted by molar-refractivity contribution is 7.92. The number of hydrogen-bond acceptors (Lipinski definition) is 6. The summed E-state index contributed by atoms with van der Waals surface area (Å²) in [7, 11) is -3.96. The smallest absolute Gasteiger partial charge is 0.244 e.